The number of para-hydroxylation sites is 2. The fraction of sp³-hybridized carbons (Fsp3) is 0.118. The van der Waals surface area contributed by atoms with Gasteiger partial charge in [-0.25, -0.2) is 4.79 Å². The van der Waals surface area contributed by atoms with E-state index in [-0.39, 0.29) is 0 Å². The van der Waals surface area contributed by atoms with Gasteiger partial charge in [0.05, 0.1) is 5.57 Å². The van der Waals surface area contributed by atoms with Gasteiger partial charge in [-0.1, -0.05) is 43.3 Å². The average molecular weight is 268 g/mol. The van der Waals surface area contributed by atoms with Gasteiger partial charge in [0.2, 0.25) is 0 Å². The zero-order valence-corrected chi connectivity index (χ0v) is 11.3. The van der Waals surface area contributed by atoms with Crippen LogP contribution in [0.4, 0.5) is 0 Å². The van der Waals surface area contributed by atoms with Crippen molar-refractivity contribution in [2.75, 3.05) is 0 Å². The molecule has 2 rings (SSSR count). The first-order valence-corrected chi connectivity index (χ1v) is 6.47. The van der Waals surface area contributed by atoms with Gasteiger partial charge in [0.15, 0.2) is 0 Å². The van der Waals surface area contributed by atoms with Crippen LogP contribution in [-0.2, 0) is 4.79 Å². The third kappa shape index (κ3) is 3.99. The highest BCUT2D eigenvalue weighted by molar-refractivity contribution is 5.89. The summed E-state index contributed by atoms with van der Waals surface area (Å²) in [5.41, 5.74) is 0.484. The maximum absolute atomic E-state index is 12.0. The monoisotopic (exact) mass is 268 g/mol. The molecule has 2 aromatic carbocycles. The molecule has 0 spiro atoms. The molecule has 0 heterocycles. The number of carbonyl (C=O) groups is 1. The summed E-state index contributed by atoms with van der Waals surface area (Å²) in [6.07, 6.45) is 1.99. The standard InChI is InChI=1S/C17H16O3/c1-2-14(13-19-15-9-5-3-6-10-15)17(18)20-16-11-7-4-8-12-16/h3-13H,2H2,1H3. The van der Waals surface area contributed by atoms with Crippen molar-refractivity contribution in [2.45, 2.75) is 13.3 Å². The highest BCUT2D eigenvalue weighted by atomic mass is 16.5. The van der Waals surface area contributed by atoms with Gasteiger partial charge in [-0.3, -0.25) is 0 Å². The maximum Gasteiger partial charge on any atom is 0.342 e. The first kappa shape index (κ1) is 13.9. The Labute approximate surface area is 118 Å². The fourth-order valence-electron chi connectivity index (χ4n) is 1.58. The lowest BCUT2D eigenvalue weighted by Crippen LogP contribution is -2.11. The van der Waals surface area contributed by atoms with Crippen molar-refractivity contribution in [1.82, 2.24) is 0 Å². The maximum atomic E-state index is 12.0. The van der Waals surface area contributed by atoms with E-state index in [1.54, 1.807) is 12.1 Å². The molecule has 102 valence electrons. The van der Waals surface area contributed by atoms with Gasteiger partial charge < -0.3 is 9.47 Å². The van der Waals surface area contributed by atoms with Gasteiger partial charge in [0.25, 0.3) is 0 Å². The van der Waals surface area contributed by atoms with E-state index in [1.807, 2.05) is 55.5 Å². The van der Waals surface area contributed by atoms with Crippen molar-refractivity contribution in [3.63, 3.8) is 0 Å². The molecule has 2 aromatic rings. The lowest BCUT2D eigenvalue weighted by atomic mass is 10.2. The zero-order chi connectivity index (χ0) is 14.2. The van der Waals surface area contributed by atoms with Crippen LogP contribution in [0.1, 0.15) is 13.3 Å². The molecule has 0 radical (unpaired) electrons. The number of ether oxygens (including phenoxy) is 2. The molecule has 0 N–H and O–H groups in total. The van der Waals surface area contributed by atoms with Crippen molar-refractivity contribution < 1.29 is 14.3 Å². The summed E-state index contributed by atoms with van der Waals surface area (Å²) < 4.78 is 10.7. The highest BCUT2D eigenvalue weighted by Crippen LogP contribution is 2.14. The Balaban J connectivity index is 2.02. The molecular weight excluding hydrogens is 252 g/mol. The predicted molar refractivity (Wildman–Crippen MR) is 77.5 cm³/mol. The van der Waals surface area contributed by atoms with Crippen LogP contribution in [0.2, 0.25) is 0 Å². The summed E-state index contributed by atoms with van der Waals surface area (Å²) in [6.45, 7) is 1.88. The highest BCUT2D eigenvalue weighted by Gasteiger charge is 2.10. The summed E-state index contributed by atoms with van der Waals surface area (Å²) in [5, 5.41) is 0. The molecule has 3 heteroatoms. The van der Waals surface area contributed by atoms with Gasteiger partial charge in [-0.2, -0.15) is 0 Å². The Morgan fingerprint density at radius 1 is 0.950 bits per heavy atom. The van der Waals surface area contributed by atoms with E-state index in [0.29, 0.717) is 23.5 Å². The van der Waals surface area contributed by atoms with Crippen LogP contribution >= 0.6 is 0 Å². The lowest BCUT2D eigenvalue weighted by molar-refractivity contribution is -0.130. The molecule has 0 aromatic heterocycles. The third-order valence-corrected chi connectivity index (χ3v) is 2.68. The first-order chi connectivity index (χ1) is 9.79. The van der Waals surface area contributed by atoms with E-state index >= 15 is 0 Å². The second kappa shape index (κ2) is 7.14. The minimum atomic E-state index is -0.394. The smallest absolute Gasteiger partial charge is 0.342 e. The van der Waals surface area contributed by atoms with Crippen LogP contribution in [0, 0.1) is 0 Å². The summed E-state index contributed by atoms with van der Waals surface area (Å²) >= 11 is 0. The Kier molecular flexibility index (Phi) is 4.95. The van der Waals surface area contributed by atoms with Gasteiger partial charge in [-0.05, 0) is 30.7 Å². The van der Waals surface area contributed by atoms with E-state index in [2.05, 4.69) is 0 Å². The molecule has 0 aliphatic carbocycles. The molecule has 0 atom stereocenters. The summed E-state index contributed by atoms with van der Waals surface area (Å²) in [4.78, 5) is 12.0. The van der Waals surface area contributed by atoms with E-state index in [1.165, 1.54) is 6.26 Å². The molecule has 3 nitrogen and oxygen atoms in total. The zero-order valence-electron chi connectivity index (χ0n) is 11.3. The molecule has 0 fully saturated rings. The van der Waals surface area contributed by atoms with Crippen LogP contribution in [0.15, 0.2) is 72.5 Å². The summed E-state index contributed by atoms with van der Waals surface area (Å²) in [5.74, 6) is 0.817. The fourth-order valence-corrected chi connectivity index (χ4v) is 1.58. The van der Waals surface area contributed by atoms with Crippen molar-refractivity contribution in [3.8, 4) is 11.5 Å². The normalized spacial score (nSPS) is 10.9. The van der Waals surface area contributed by atoms with Crippen molar-refractivity contribution >= 4 is 5.97 Å². The summed E-state index contributed by atoms with van der Waals surface area (Å²) in [7, 11) is 0. The molecule has 0 unspecified atom stereocenters. The Morgan fingerprint density at radius 2 is 1.50 bits per heavy atom. The molecule has 0 aliphatic heterocycles. The molecule has 0 saturated carbocycles. The van der Waals surface area contributed by atoms with Crippen LogP contribution in [0.25, 0.3) is 0 Å². The Bertz CT molecular complexity index is 574. The van der Waals surface area contributed by atoms with Gasteiger partial charge in [-0.15, -0.1) is 0 Å². The van der Waals surface area contributed by atoms with Crippen LogP contribution in [-0.4, -0.2) is 5.97 Å². The molecule has 0 aliphatic rings. The second-order valence-corrected chi connectivity index (χ2v) is 4.13. The molecular formula is C17H16O3. The Hall–Kier alpha value is -2.55. The number of hydrogen-bond acceptors (Lipinski definition) is 3. The molecule has 0 amide bonds. The van der Waals surface area contributed by atoms with E-state index < -0.39 is 5.97 Å². The Morgan fingerprint density at radius 3 is 2.05 bits per heavy atom. The number of esters is 1. The van der Waals surface area contributed by atoms with Crippen molar-refractivity contribution in [2.24, 2.45) is 0 Å². The minimum Gasteiger partial charge on any atom is -0.464 e. The molecule has 20 heavy (non-hydrogen) atoms. The predicted octanol–water partition coefficient (Wildman–Crippen LogP) is 3.96. The quantitative estimate of drug-likeness (QED) is 0.356. The van der Waals surface area contributed by atoms with Crippen LogP contribution in [0.5, 0.6) is 11.5 Å². The molecule has 0 saturated heterocycles. The SMILES string of the molecule is CCC(=COc1ccccc1)C(=O)Oc1ccccc1. The molecule has 0 bridgehead atoms. The van der Waals surface area contributed by atoms with E-state index in [9.17, 15) is 4.79 Å². The van der Waals surface area contributed by atoms with Gasteiger partial charge >= 0.3 is 5.97 Å². The van der Waals surface area contributed by atoms with Crippen molar-refractivity contribution in [1.29, 1.82) is 0 Å². The topological polar surface area (TPSA) is 35.5 Å². The van der Waals surface area contributed by atoms with Gasteiger partial charge in [0, 0.05) is 0 Å². The second-order valence-electron chi connectivity index (χ2n) is 4.13. The van der Waals surface area contributed by atoms with E-state index in [4.69, 9.17) is 9.47 Å². The minimum absolute atomic E-state index is 0.394. The van der Waals surface area contributed by atoms with Crippen LogP contribution in [0.3, 0.4) is 0 Å². The number of hydrogen-bond donors (Lipinski definition) is 0. The first-order valence-electron chi connectivity index (χ1n) is 6.47. The third-order valence-electron chi connectivity index (χ3n) is 2.68. The number of rotatable bonds is 5. The number of carbonyl (C=O) groups excluding carboxylic acids is 1. The number of benzene rings is 2. The van der Waals surface area contributed by atoms with Gasteiger partial charge in [0.1, 0.15) is 17.8 Å². The largest absolute Gasteiger partial charge is 0.464 e. The van der Waals surface area contributed by atoms with Crippen LogP contribution < -0.4 is 9.47 Å². The van der Waals surface area contributed by atoms with E-state index in [0.717, 1.165) is 0 Å². The summed E-state index contributed by atoms with van der Waals surface area (Å²) in [6, 6.07) is 18.3. The lowest BCUT2D eigenvalue weighted by Gasteiger charge is -2.06. The average Bonchev–Trinajstić information content (AvgIpc) is 2.50. The van der Waals surface area contributed by atoms with Crippen molar-refractivity contribution in [3.05, 3.63) is 72.5 Å².